The number of allylic oxidation sites excluding steroid dienone is 1. The molecule has 1 aliphatic rings. The Hall–Kier alpha value is -1.29. The van der Waals surface area contributed by atoms with E-state index in [1.165, 1.54) is 17.6 Å². The van der Waals surface area contributed by atoms with E-state index >= 15 is 0 Å². The molecule has 1 aromatic rings. The van der Waals surface area contributed by atoms with Crippen molar-refractivity contribution in [2.75, 3.05) is 7.11 Å². The van der Waals surface area contributed by atoms with Crippen LogP contribution in [0.25, 0.3) is 6.08 Å². The van der Waals surface area contributed by atoms with Crippen LogP contribution in [0.15, 0.2) is 17.1 Å². The van der Waals surface area contributed by atoms with Crippen molar-refractivity contribution in [3.63, 3.8) is 0 Å². The zero-order valence-electron chi connectivity index (χ0n) is 8.11. The number of hydrogen-bond acceptors (Lipinski definition) is 3. The molecule has 3 nitrogen and oxygen atoms in total. The molecule has 0 aromatic carbocycles. The van der Waals surface area contributed by atoms with Crippen LogP contribution in [-0.2, 0) is 11.3 Å². The molecule has 0 radical (unpaired) electrons. The first kappa shape index (κ1) is 9.27. The van der Waals surface area contributed by atoms with Crippen molar-refractivity contribution in [2.24, 2.45) is 0 Å². The number of fused-ring (bicyclic) bond motifs is 1. The molecule has 0 unspecified atom stereocenters. The summed E-state index contributed by atoms with van der Waals surface area (Å²) in [5, 5.41) is 2.04. The van der Waals surface area contributed by atoms with Crippen molar-refractivity contribution in [1.29, 1.82) is 0 Å². The Balaban J connectivity index is 2.32. The SMILES string of the molecule is COC(=O)N1Cc2sccc2C=C1C. The number of methoxy groups -OCH3 is 1. The molecule has 2 heterocycles. The van der Waals surface area contributed by atoms with E-state index in [-0.39, 0.29) is 6.09 Å². The number of amides is 1. The third kappa shape index (κ3) is 1.42. The Kier molecular flexibility index (Phi) is 2.29. The van der Waals surface area contributed by atoms with Gasteiger partial charge >= 0.3 is 6.09 Å². The maximum atomic E-state index is 11.4. The minimum Gasteiger partial charge on any atom is -0.452 e. The summed E-state index contributed by atoms with van der Waals surface area (Å²) in [4.78, 5) is 14.2. The maximum Gasteiger partial charge on any atom is 0.414 e. The second-order valence-corrected chi connectivity index (χ2v) is 4.14. The summed E-state index contributed by atoms with van der Waals surface area (Å²) >= 11 is 1.67. The molecule has 1 aliphatic heterocycles. The second-order valence-electron chi connectivity index (χ2n) is 3.14. The van der Waals surface area contributed by atoms with Gasteiger partial charge in [0.15, 0.2) is 0 Å². The van der Waals surface area contributed by atoms with Crippen LogP contribution in [-0.4, -0.2) is 18.1 Å². The molecule has 74 valence electrons. The Morgan fingerprint density at radius 2 is 2.43 bits per heavy atom. The Labute approximate surface area is 86.6 Å². The minimum atomic E-state index is -0.294. The molecule has 0 N–H and O–H groups in total. The van der Waals surface area contributed by atoms with Crippen molar-refractivity contribution >= 4 is 23.5 Å². The molecule has 2 rings (SSSR count). The first-order valence-electron chi connectivity index (χ1n) is 4.32. The third-order valence-electron chi connectivity index (χ3n) is 2.27. The highest BCUT2D eigenvalue weighted by Crippen LogP contribution is 2.28. The average Bonchev–Trinajstić information content (AvgIpc) is 2.62. The molecule has 0 saturated heterocycles. The molecule has 0 bridgehead atoms. The molecule has 0 saturated carbocycles. The van der Waals surface area contributed by atoms with Crippen molar-refractivity contribution < 1.29 is 9.53 Å². The van der Waals surface area contributed by atoms with Gasteiger partial charge in [-0.15, -0.1) is 11.3 Å². The summed E-state index contributed by atoms with van der Waals surface area (Å²) < 4.78 is 4.70. The van der Waals surface area contributed by atoms with E-state index in [1.807, 2.05) is 18.4 Å². The lowest BCUT2D eigenvalue weighted by molar-refractivity contribution is 0.134. The maximum absolute atomic E-state index is 11.4. The minimum absolute atomic E-state index is 0.294. The van der Waals surface area contributed by atoms with Gasteiger partial charge in [0.1, 0.15) is 0 Å². The first-order chi connectivity index (χ1) is 6.72. The third-order valence-corrected chi connectivity index (χ3v) is 3.19. The fourth-order valence-corrected chi connectivity index (χ4v) is 2.34. The van der Waals surface area contributed by atoms with Gasteiger partial charge in [-0.25, -0.2) is 4.79 Å². The number of thiophene rings is 1. The Morgan fingerprint density at radius 1 is 1.64 bits per heavy atom. The van der Waals surface area contributed by atoms with Gasteiger partial charge in [0.25, 0.3) is 0 Å². The predicted octanol–water partition coefficient (Wildman–Crippen LogP) is 2.69. The van der Waals surface area contributed by atoms with Crippen LogP contribution < -0.4 is 0 Å². The summed E-state index contributed by atoms with van der Waals surface area (Å²) in [7, 11) is 1.40. The topological polar surface area (TPSA) is 29.5 Å². The molecule has 0 spiro atoms. The van der Waals surface area contributed by atoms with Crippen LogP contribution in [0.3, 0.4) is 0 Å². The smallest absolute Gasteiger partial charge is 0.414 e. The Bertz CT molecular complexity index is 395. The highest BCUT2D eigenvalue weighted by Gasteiger charge is 2.21. The lowest BCUT2D eigenvalue weighted by Gasteiger charge is -2.24. The number of carbonyl (C=O) groups excluding carboxylic acids is 1. The molecule has 14 heavy (non-hydrogen) atoms. The van der Waals surface area contributed by atoms with E-state index in [0.29, 0.717) is 6.54 Å². The van der Waals surface area contributed by atoms with Gasteiger partial charge in [-0.3, -0.25) is 4.90 Å². The molecule has 0 aliphatic carbocycles. The highest BCUT2D eigenvalue weighted by atomic mass is 32.1. The van der Waals surface area contributed by atoms with Crippen LogP contribution >= 0.6 is 11.3 Å². The monoisotopic (exact) mass is 209 g/mol. The molecular weight excluding hydrogens is 198 g/mol. The van der Waals surface area contributed by atoms with Gasteiger partial charge in [-0.2, -0.15) is 0 Å². The Morgan fingerprint density at radius 3 is 3.14 bits per heavy atom. The van der Waals surface area contributed by atoms with E-state index < -0.39 is 0 Å². The quantitative estimate of drug-likeness (QED) is 0.657. The summed E-state index contributed by atoms with van der Waals surface area (Å²) in [5.41, 5.74) is 2.15. The summed E-state index contributed by atoms with van der Waals surface area (Å²) in [6, 6.07) is 2.07. The van der Waals surface area contributed by atoms with Gasteiger partial charge < -0.3 is 4.74 Å². The van der Waals surface area contributed by atoms with Crippen molar-refractivity contribution in [3.05, 3.63) is 27.6 Å². The normalized spacial score (nSPS) is 14.7. The van der Waals surface area contributed by atoms with Crippen LogP contribution in [0.1, 0.15) is 17.4 Å². The molecule has 0 fully saturated rings. The standard InChI is InChI=1S/C10H11NO2S/c1-7-5-8-3-4-14-9(8)6-11(7)10(12)13-2/h3-5H,6H2,1-2H3. The fraction of sp³-hybridized carbons (Fsp3) is 0.300. The van der Waals surface area contributed by atoms with Gasteiger partial charge in [0, 0.05) is 10.6 Å². The predicted molar refractivity (Wildman–Crippen MR) is 55.9 cm³/mol. The number of nitrogens with zero attached hydrogens (tertiary/aromatic N) is 1. The fourth-order valence-electron chi connectivity index (χ4n) is 1.50. The van der Waals surface area contributed by atoms with Crippen LogP contribution in [0, 0.1) is 0 Å². The van der Waals surface area contributed by atoms with E-state index in [4.69, 9.17) is 4.74 Å². The van der Waals surface area contributed by atoms with Crippen molar-refractivity contribution in [3.8, 4) is 0 Å². The van der Waals surface area contributed by atoms with Gasteiger partial charge in [-0.05, 0) is 30.0 Å². The van der Waals surface area contributed by atoms with E-state index in [2.05, 4.69) is 6.07 Å². The lowest BCUT2D eigenvalue weighted by atomic mass is 10.1. The number of rotatable bonds is 0. The molecule has 4 heteroatoms. The molecule has 0 atom stereocenters. The number of hydrogen-bond donors (Lipinski definition) is 0. The molecular formula is C10H11NO2S. The van der Waals surface area contributed by atoms with E-state index in [0.717, 1.165) is 5.70 Å². The summed E-state index contributed by atoms with van der Waals surface area (Å²) in [6.45, 7) is 2.54. The number of carbonyl (C=O) groups is 1. The first-order valence-corrected chi connectivity index (χ1v) is 5.20. The number of ether oxygens (including phenoxy) is 1. The van der Waals surface area contributed by atoms with Gasteiger partial charge in [0.05, 0.1) is 13.7 Å². The van der Waals surface area contributed by atoms with Gasteiger partial charge in [0.2, 0.25) is 0 Å². The van der Waals surface area contributed by atoms with Gasteiger partial charge in [-0.1, -0.05) is 0 Å². The zero-order valence-corrected chi connectivity index (χ0v) is 8.93. The van der Waals surface area contributed by atoms with Crippen molar-refractivity contribution in [2.45, 2.75) is 13.5 Å². The van der Waals surface area contributed by atoms with Crippen LogP contribution in [0.2, 0.25) is 0 Å². The molecule has 1 aromatic heterocycles. The van der Waals surface area contributed by atoms with Crippen molar-refractivity contribution in [1.82, 2.24) is 4.90 Å². The highest BCUT2D eigenvalue weighted by molar-refractivity contribution is 7.10. The van der Waals surface area contributed by atoms with Crippen LogP contribution in [0.5, 0.6) is 0 Å². The summed E-state index contributed by atoms with van der Waals surface area (Å²) in [6.07, 6.45) is 1.71. The lowest BCUT2D eigenvalue weighted by Crippen LogP contribution is -2.30. The summed E-state index contributed by atoms with van der Waals surface area (Å²) in [5.74, 6) is 0. The largest absolute Gasteiger partial charge is 0.452 e. The molecule has 1 amide bonds. The zero-order chi connectivity index (χ0) is 10.1. The van der Waals surface area contributed by atoms with Crippen LogP contribution in [0.4, 0.5) is 4.79 Å². The second kappa shape index (κ2) is 3.46. The van der Waals surface area contributed by atoms with E-state index in [1.54, 1.807) is 16.2 Å². The van der Waals surface area contributed by atoms with E-state index in [9.17, 15) is 4.79 Å². The average molecular weight is 209 g/mol.